The zero-order valence-corrected chi connectivity index (χ0v) is 75.0. The van der Waals surface area contributed by atoms with Gasteiger partial charge in [0.2, 0.25) is 11.8 Å². The molecule has 8 aliphatic rings. The van der Waals surface area contributed by atoms with E-state index in [0.717, 1.165) is 113 Å². The Bertz CT molecular complexity index is 4670. The summed E-state index contributed by atoms with van der Waals surface area (Å²) in [5.41, 5.74) is 15.4. The number of likely N-dealkylation sites (tertiary alicyclic amines) is 2. The Morgan fingerprint density at radius 1 is 0.441 bits per heavy atom. The fourth-order valence-electron chi connectivity index (χ4n) is 16.0. The molecule has 0 radical (unpaired) electrons. The van der Waals surface area contributed by atoms with Gasteiger partial charge in [0.1, 0.15) is 29.8 Å². The highest BCUT2D eigenvalue weighted by Gasteiger charge is 2.43. The molecule has 0 spiro atoms. The van der Waals surface area contributed by atoms with Crippen molar-refractivity contribution in [3.8, 4) is 22.3 Å². The van der Waals surface area contributed by atoms with Crippen LogP contribution in [0.4, 0.5) is 25.8 Å². The summed E-state index contributed by atoms with van der Waals surface area (Å²) in [6, 6.07) is 38.1. The summed E-state index contributed by atoms with van der Waals surface area (Å²) in [5, 5.41) is 35.5. The summed E-state index contributed by atoms with van der Waals surface area (Å²) in [4.78, 5) is 96.3. The smallest absolute Gasteiger partial charge is 0.407 e. The van der Waals surface area contributed by atoms with E-state index >= 15 is 0 Å². The van der Waals surface area contributed by atoms with Crippen molar-refractivity contribution in [3.63, 3.8) is 0 Å². The fourth-order valence-corrected chi connectivity index (χ4v) is 16.0. The average Bonchev–Trinajstić information content (AvgIpc) is 0.929. The van der Waals surface area contributed by atoms with Gasteiger partial charge in [-0.1, -0.05) is 137 Å². The van der Waals surface area contributed by atoms with E-state index in [2.05, 4.69) is 185 Å². The molecule has 4 saturated heterocycles. The Morgan fingerprint density at radius 2 is 0.788 bits per heavy atom. The van der Waals surface area contributed by atoms with Crippen LogP contribution >= 0.6 is 94.5 Å². The number of carboxylic acid groups (broad SMARTS) is 1. The summed E-state index contributed by atoms with van der Waals surface area (Å²) < 4.78 is 13.9. The van der Waals surface area contributed by atoms with E-state index in [1.807, 2.05) is 43.7 Å². The average molecular weight is 1760 g/mol. The highest BCUT2D eigenvalue weighted by Crippen LogP contribution is 2.43. The Hall–Kier alpha value is -7.81. The molecule has 0 aliphatic carbocycles. The number of carbonyl (C=O) groups excluding carboxylic acids is 5. The summed E-state index contributed by atoms with van der Waals surface area (Å²) >= 11 is 0. The number of alkyl carbamates (subject to hydrolysis) is 3. The molecular weight excluding hydrogens is 1620 g/mol. The molecular formula is C88H131N13O10S7. The van der Waals surface area contributed by atoms with Crippen molar-refractivity contribution in [2.45, 2.75) is 209 Å². The molecule has 0 aromatic heterocycles. The van der Waals surface area contributed by atoms with Crippen LogP contribution in [0.2, 0.25) is 0 Å². The first-order chi connectivity index (χ1) is 51.7. The molecule has 8 heterocycles. The number of fused-ring (bicyclic) bond motifs is 4. The lowest BCUT2D eigenvalue weighted by Gasteiger charge is -2.36. The molecule has 23 nitrogen and oxygen atoms in total. The number of benzene rings is 6. The number of ether oxygens (including phenoxy) is 3. The van der Waals surface area contributed by atoms with Gasteiger partial charge in [-0.2, -0.15) is 94.5 Å². The Kier molecular flexibility index (Phi) is 41.7. The molecule has 8 N–H and O–H groups in total. The van der Waals surface area contributed by atoms with Crippen molar-refractivity contribution >= 4 is 198 Å². The molecule has 14 rings (SSSR count). The molecule has 0 unspecified atom stereocenters. The minimum Gasteiger partial charge on any atom is -0.480 e. The number of anilines is 2. The molecule has 0 saturated carbocycles. The second kappa shape index (κ2) is 46.3. The second-order valence-corrected chi connectivity index (χ2v) is 31.4. The van der Waals surface area contributed by atoms with Crippen LogP contribution in [-0.2, 0) is 39.7 Å². The molecule has 650 valence electrons. The number of amidine groups is 2. The number of methoxy groups -OCH3 is 3. The van der Waals surface area contributed by atoms with Crippen LogP contribution in [0, 0.1) is 17.8 Å². The largest absolute Gasteiger partial charge is 0.480 e. The molecule has 30 heteroatoms. The lowest BCUT2D eigenvalue weighted by Crippen LogP contribution is -2.55. The number of carboxylic acids is 1. The highest BCUT2D eigenvalue weighted by molar-refractivity contribution is 7.60. The monoisotopic (exact) mass is 1750 g/mol. The number of carbonyl (C=O) groups is 6. The van der Waals surface area contributed by atoms with E-state index in [-0.39, 0.29) is 164 Å². The lowest BCUT2D eigenvalue weighted by atomic mass is 9.88. The predicted molar refractivity (Wildman–Crippen MR) is 522 cm³/mol. The van der Waals surface area contributed by atoms with E-state index in [4.69, 9.17) is 34.5 Å². The van der Waals surface area contributed by atoms with Gasteiger partial charge in [-0.3, -0.25) is 29.6 Å². The van der Waals surface area contributed by atoms with Crippen LogP contribution in [0.25, 0.3) is 54.9 Å². The Labute approximate surface area is 747 Å². The van der Waals surface area contributed by atoms with Crippen molar-refractivity contribution in [2.24, 2.45) is 37.7 Å². The van der Waals surface area contributed by atoms with Gasteiger partial charge < -0.3 is 66.3 Å². The van der Waals surface area contributed by atoms with Crippen molar-refractivity contribution in [1.29, 1.82) is 0 Å². The molecule has 6 aromatic rings. The third kappa shape index (κ3) is 24.3. The zero-order valence-electron chi connectivity index (χ0n) is 68.0. The van der Waals surface area contributed by atoms with Gasteiger partial charge >= 0.3 is 24.2 Å². The molecule has 5 amide bonds. The van der Waals surface area contributed by atoms with Crippen molar-refractivity contribution in [1.82, 2.24) is 36.4 Å². The van der Waals surface area contributed by atoms with Crippen LogP contribution in [0.15, 0.2) is 142 Å². The second-order valence-electron chi connectivity index (χ2n) is 31.4. The number of amides is 5. The lowest BCUT2D eigenvalue weighted by molar-refractivity contribution is -0.140. The van der Waals surface area contributed by atoms with E-state index in [1.165, 1.54) is 90.6 Å². The standard InChI is InChI=1S/C46H57N7O6.C32H35N5.C7H13NO4.3CH4.7H2S/c1-26(2)39(49-44(56)58-7)42(54)52-19-9-11-37(52)36-24-33(25-47-36)31-16-15-28-21-30(14-13-29(28)22-31)32-17-18-34-35(23-32)48-41(51-46(34,5)6)38-12-10-20-53(38)43(55)40(27(3)4)50-45(57)59-8;1-32(2)26-12-11-24(17-29(26)36-31(37-32)28-6-4-14-34-28)22-8-7-21-16-23(10-9-20(21)15-22)25-18-30(35-19-25)27-5-3-13-33-27;1-4(2)5(6(9)10)8-7(11)12-3;;;;;;;;;;/h13-18,21-23,25-27,37-40H,9-12,19-20,24H2,1-8H3,(H,48,51)(H,49,56)(H,50,57);7-12,15-17,19,27-28,33-34H,3-6,13-14,18H2,1-2H3,(H,36,37);4-5H,1-3H3,(H,8,11)(H,9,10);3*1H4;7*1H2/t37-,38-,39-,40-;27-,28-;5-;;;;;;;;;;/m000........../s1. The number of rotatable bonds is 17. The summed E-state index contributed by atoms with van der Waals surface area (Å²) in [6.45, 7) is 23.1. The number of hydrogen-bond acceptors (Lipinski definition) is 17. The molecule has 0 bridgehead atoms. The molecule has 7 atom stereocenters. The summed E-state index contributed by atoms with van der Waals surface area (Å²) in [7, 11) is 3.79. The van der Waals surface area contributed by atoms with E-state index < -0.39 is 47.9 Å². The molecule has 4 fully saturated rings. The number of aliphatic imine (C=N–C) groups is 4. The van der Waals surface area contributed by atoms with Crippen LogP contribution in [0.3, 0.4) is 0 Å². The quantitative estimate of drug-likeness (QED) is 0.0394. The van der Waals surface area contributed by atoms with Gasteiger partial charge in [0, 0.05) is 78.3 Å². The van der Waals surface area contributed by atoms with Crippen LogP contribution in [0.1, 0.15) is 178 Å². The SMILES string of the molecule is C.C.C.CC1(C)N=C([C@@H]2CCCN2)Nc2cc(-c3ccc4cc(C5=CN=C([C@@H]6CCCN6)C5)ccc4c3)ccc21.COC(=O)N[C@H](C(=O)N1CCC[C@H]1C1=NC=C(c2ccc3cc(-c4ccc5c(c4)NC([C@@H]4CCCN4C(=O)[C@@H](NC(=O)OC)C(C)C)=NC5(C)C)ccc3c2)C1)C(C)C.COC(=O)N[C@H](C(=O)O)C(C)C.S.S.S.S.S.S.S. The topological polar surface area (TPSA) is 290 Å². The first-order valence-electron chi connectivity index (χ1n) is 38.2. The van der Waals surface area contributed by atoms with Gasteiger partial charge in [-0.15, -0.1) is 0 Å². The normalized spacial score (nSPS) is 19.3. The molecule has 6 aromatic carbocycles. The Morgan fingerprint density at radius 3 is 1.19 bits per heavy atom. The number of nitrogens with one attached hydrogen (secondary N) is 7. The van der Waals surface area contributed by atoms with E-state index in [1.54, 1.807) is 13.8 Å². The maximum Gasteiger partial charge on any atom is 0.407 e. The molecule has 8 aliphatic heterocycles. The van der Waals surface area contributed by atoms with E-state index in [9.17, 15) is 28.8 Å². The van der Waals surface area contributed by atoms with Gasteiger partial charge in [0.05, 0.1) is 50.5 Å². The van der Waals surface area contributed by atoms with Crippen molar-refractivity contribution in [3.05, 3.63) is 144 Å². The Balaban J connectivity index is 0.000000689. The maximum absolute atomic E-state index is 13.9. The van der Waals surface area contributed by atoms with Crippen LogP contribution in [0.5, 0.6) is 0 Å². The fraction of sp³-hybridized carbons (Fsp3) is 0.477. The number of allylic oxidation sites excluding steroid dienone is 2. The summed E-state index contributed by atoms with van der Waals surface area (Å²) in [5.74, 6) is 0.169. The predicted octanol–water partition coefficient (Wildman–Crippen LogP) is 16.9. The first kappa shape index (κ1) is 106. The molecule has 118 heavy (non-hydrogen) atoms. The van der Waals surface area contributed by atoms with Crippen molar-refractivity contribution < 1.29 is 48.1 Å². The van der Waals surface area contributed by atoms with E-state index in [0.29, 0.717) is 31.6 Å². The number of hydrogen-bond donors (Lipinski definition) is 8. The van der Waals surface area contributed by atoms with Gasteiger partial charge in [-0.05, 0) is 212 Å². The van der Waals surface area contributed by atoms with Crippen LogP contribution < -0.4 is 37.2 Å². The van der Waals surface area contributed by atoms with Gasteiger partial charge in [0.25, 0.3) is 0 Å². The minimum atomic E-state index is -1.06. The highest BCUT2D eigenvalue weighted by atomic mass is 32.1. The maximum atomic E-state index is 13.9. The first-order valence-corrected chi connectivity index (χ1v) is 38.2. The van der Waals surface area contributed by atoms with Crippen molar-refractivity contribution in [2.75, 3.05) is 58.1 Å². The number of nitrogens with zero attached hydrogens (tertiary/aromatic N) is 6. The van der Waals surface area contributed by atoms with Crippen LogP contribution in [-0.4, -0.2) is 164 Å². The minimum absolute atomic E-state index is 0. The zero-order chi connectivity index (χ0) is 76.9. The third-order valence-electron chi connectivity index (χ3n) is 22.1. The number of aliphatic carboxylic acids is 1. The third-order valence-corrected chi connectivity index (χ3v) is 22.1. The summed E-state index contributed by atoms with van der Waals surface area (Å²) in [6.07, 6.45) is 11.8. The van der Waals surface area contributed by atoms with Gasteiger partial charge in [0.15, 0.2) is 0 Å². The van der Waals surface area contributed by atoms with Gasteiger partial charge in [-0.25, -0.2) is 19.2 Å².